The van der Waals surface area contributed by atoms with Crippen LogP contribution in [0.1, 0.15) is 35.2 Å². The summed E-state index contributed by atoms with van der Waals surface area (Å²) >= 11 is 0. The fourth-order valence-electron chi connectivity index (χ4n) is 2.56. The van der Waals surface area contributed by atoms with Gasteiger partial charge in [0.05, 0.1) is 19.6 Å². The van der Waals surface area contributed by atoms with Gasteiger partial charge in [0.2, 0.25) is 5.91 Å². The lowest BCUT2D eigenvalue weighted by atomic mass is 9.99. The van der Waals surface area contributed by atoms with Gasteiger partial charge in [-0.1, -0.05) is 35.9 Å². The van der Waals surface area contributed by atoms with Crippen LogP contribution in [0, 0.1) is 13.8 Å². The quantitative estimate of drug-likeness (QED) is 0.913. The number of ether oxygens (including phenoxy) is 1. The number of nitrogens with one attached hydrogen (secondary N) is 1. The summed E-state index contributed by atoms with van der Waals surface area (Å²) in [5, 5.41) is 3.07. The highest BCUT2D eigenvalue weighted by atomic mass is 16.5. The highest BCUT2D eigenvalue weighted by Gasteiger charge is 2.12. The first-order valence-electron chi connectivity index (χ1n) is 7.49. The van der Waals surface area contributed by atoms with Crippen molar-refractivity contribution in [1.29, 1.82) is 0 Å². The summed E-state index contributed by atoms with van der Waals surface area (Å²) in [6, 6.07) is 13.9. The van der Waals surface area contributed by atoms with Gasteiger partial charge in [-0.05, 0) is 49.6 Å². The molecule has 0 spiro atoms. The molecule has 3 nitrogen and oxygen atoms in total. The van der Waals surface area contributed by atoms with Gasteiger partial charge in [0.25, 0.3) is 0 Å². The minimum absolute atomic E-state index is 0.00184. The van der Waals surface area contributed by atoms with Crippen molar-refractivity contribution in [2.75, 3.05) is 7.11 Å². The topological polar surface area (TPSA) is 38.3 Å². The molecule has 1 N–H and O–H groups in total. The number of hydrogen-bond acceptors (Lipinski definition) is 2. The summed E-state index contributed by atoms with van der Waals surface area (Å²) in [5.74, 6) is 0.787. The number of benzene rings is 2. The van der Waals surface area contributed by atoms with Crippen molar-refractivity contribution >= 4 is 5.91 Å². The van der Waals surface area contributed by atoms with Crippen LogP contribution in [0.25, 0.3) is 0 Å². The predicted octanol–water partition coefficient (Wildman–Crippen LogP) is 3.73. The molecule has 0 fully saturated rings. The van der Waals surface area contributed by atoms with Gasteiger partial charge in [0.1, 0.15) is 5.75 Å². The number of methoxy groups -OCH3 is 1. The molecule has 2 aromatic rings. The molecule has 0 saturated heterocycles. The highest BCUT2D eigenvalue weighted by Crippen LogP contribution is 2.19. The van der Waals surface area contributed by atoms with E-state index in [1.807, 2.05) is 31.2 Å². The van der Waals surface area contributed by atoms with Gasteiger partial charge in [-0.15, -0.1) is 0 Å². The zero-order chi connectivity index (χ0) is 16.1. The molecule has 2 rings (SSSR count). The third-order valence-corrected chi connectivity index (χ3v) is 3.78. The largest absolute Gasteiger partial charge is 0.497 e. The smallest absolute Gasteiger partial charge is 0.224 e. The molecule has 3 heteroatoms. The summed E-state index contributed by atoms with van der Waals surface area (Å²) in [5.41, 5.74) is 4.51. The summed E-state index contributed by atoms with van der Waals surface area (Å²) < 4.78 is 5.18. The Hall–Kier alpha value is -2.29. The Kier molecular flexibility index (Phi) is 5.21. The van der Waals surface area contributed by atoms with Gasteiger partial charge in [0.15, 0.2) is 0 Å². The lowest BCUT2D eigenvalue weighted by molar-refractivity contribution is -0.121. The van der Waals surface area contributed by atoms with Gasteiger partial charge in [-0.3, -0.25) is 4.79 Å². The third kappa shape index (κ3) is 4.10. The Labute approximate surface area is 132 Å². The first-order valence-corrected chi connectivity index (χ1v) is 7.49. The number of hydrogen-bond donors (Lipinski definition) is 1. The molecule has 0 aliphatic carbocycles. The van der Waals surface area contributed by atoms with Crippen LogP contribution in [0.4, 0.5) is 0 Å². The number of amides is 1. The maximum atomic E-state index is 12.2. The summed E-state index contributed by atoms with van der Waals surface area (Å²) in [6.45, 7) is 6.15. The van der Waals surface area contributed by atoms with Crippen LogP contribution in [0.15, 0.2) is 42.5 Å². The van der Waals surface area contributed by atoms with Crippen LogP contribution in [-0.2, 0) is 11.2 Å². The second-order valence-electron chi connectivity index (χ2n) is 5.68. The Morgan fingerprint density at radius 3 is 2.68 bits per heavy atom. The van der Waals surface area contributed by atoms with E-state index < -0.39 is 0 Å². The fraction of sp³-hybridized carbons (Fsp3) is 0.316. The number of aryl methyl sites for hydroxylation is 2. The summed E-state index contributed by atoms with van der Waals surface area (Å²) in [6.07, 6.45) is 0.354. The fourth-order valence-corrected chi connectivity index (χ4v) is 2.56. The van der Waals surface area contributed by atoms with E-state index in [1.165, 1.54) is 16.7 Å². The first-order chi connectivity index (χ1) is 10.5. The van der Waals surface area contributed by atoms with E-state index >= 15 is 0 Å². The van der Waals surface area contributed by atoms with Crippen LogP contribution in [-0.4, -0.2) is 13.0 Å². The van der Waals surface area contributed by atoms with Gasteiger partial charge in [-0.25, -0.2) is 0 Å². The van der Waals surface area contributed by atoms with E-state index in [4.69, 9.17) is 4.74 Å². The van der Waals surface area contributed by atoms with Crippen molar-refractivity contribution in [2.45, 2.75) is 33.2 Å². The molecule has 1 amide bonds. The average Bonchev–Trinajstić information content (AvgIpc) is 2.49. The Bertz CT molecular complexity index is 664. The van der Waals surface area contributed by atoms with Crippen LogP contribution < -0.4 is 10.1 Å². The molecule has 0 aliphatic rings. The lowest BCUT2D eigenvalue weighted by Crippen LogP contribution is -2.28. The van der Waals surface area contributed by atoms with E-state index in [0.29, 0.717) is 6.42 Å². The zero-order valence-corrected chi connectivity index (χ0v) is 13.6. The summed E-state index contributed by atoms with van der Waals surface area (Å²) in [7, 11) is 1.63. The molecule has 0 radical (unpaired) electrons. The summed E-state index contributed by atoms with van der Waals surface area (Å²) in [4.78, 5) is 12.2. The Morgan fingerprint density at radius 2 is 1.95 bits per heavy atom. The maximum absolute atomic E-state index is 12.2. The van der Waals surface area contributed by atoms with Crippen molar-refractivity contribution in [3.05, 3.63) is 64.7 Å². The Morgan fingerprint density at radius 1 is 1.18 bits per heavy atom. The molecule has 1 unspecified atom stereocenters. The molecule has 1 atom stereocenters. The molecule has 0 bridgehead atoms. The molecule has 22 heavy (non-hydrogen) atoms. The van der Waals surface area contributed by atoms with Crippen LogP contribution in [0.3, 0.4) is 0 Å². The van der Waals surface area contributed by atoms with Crippen LogP contribution >= 0.6 is 0 Å². The molecule has 116 valence electrons. The monoisotopic (exact) mass is 297 g/mol. The van der Waals surface area contributed by atoms with Crippen molar-refractivity contribution in [3.63, 3.8) is 0 Å². The van der Waals surface area contributed by atoms with Gasteiger partial charge < -0.3 is 10.1 Å². The number of carbonyl (C=O) groups is 1. The highest BCUT2D eigenvalue weighted by molar-refractivity contribution is 5.79. The number of carbonyl (C=O) groups excluding carboxylic acids is 1. The first kappa shape index (κ1) is 16.1. The van der Waals surface area contributed by atoms with E-state index in [1.54, 1.807) is 7.11 Å². The second-order valence-corrected chi connectivity index (χ2v) is 5.68. The number of rotatable bonds is 5. The molecule has 0 heterocycles. The van der Waals surface area contributed by atoms with Crippen molar-refractivity contribution < 1.29 is 9.53 Å². The van der Waals surface area contributed by atoms with Gasteiger partial charge >= 0.3 is 0 Å². The van der Waals surface area contributed by atoms with E-state index in [2.05, 4.69) is 37.4 Å². The molecule has 0 aliphatic heterocycles. The molecule has 2 aromatic carbocycles. The SMILES string of the molecule is COc1cccc(CC(=O)NC(C)c2cc(C)ccc2C)c1. The third-order valence-electron chi connectivity index (χ3n) is 3.78. The molecule has 0 saturated carbocycles. The van der Waals surface area contributed by atoms with E-state index in [0.717, 1.165) is 11.3 Å². The minimum atomic E-state index is -0.00184. The minimum Gasteiger partial charge on any atom is -0.497 e. The zero-order valence-electron chi connectivity index (χ0n) is 13.6. The molecular weight excluding hydrogens is 274 g/mol. The lowest BCUT2D eigenvalue weighted by Gasteiger charge is -2.17. The second kappa shape index (κ2) is 7.12. The normalized spacial score (nSPS) is 11.8. The van der Waals surface area contributed by atoms with Gasteiger partial charge in [-0.2, -0.15) is 0 Å². The molecule has 0 aromatic heterocycles. The molecular formula is C19H23NO2. The standard InChI is InChI=1S/C19H23NO2/c1-13-8-9-14(2)18(10-13)15(3)20-19(21)12-16-6-5-7-17(11-16)22-4/h5-11,15H,12H2,1-4H3,(H,20,21). The Balaban J connectivity index is 2.03. The predicted molar refractivity (Wildman–Crippen MR) is 89.2 cm³/mol. The van der Waals surface area contributed by atoms with Gasteiger partial charge in [0, 0.05) is 0 Å². The van der Waals surface area contributed by atoms with Crippen molar-refractivity contribution in [3.8, 4) is 5.75 Å². The van der Waals surface area contributed by atoms with Crippen molar-refractivity contribution in [2.24, 2.45) is 0 Å². The average molecular weight is 297 g/mol. The van der Waals surface area contributed by atoms with Crippen LogP contribution in [0.2, 0.25) is 0 Å². The van der Waals surface area contributed by atoms with Crippen molar-refractivity contribution in [1.82, 2.24) is 5.32 Å². The maximum Gasteiger partial charge on any atom is 0.224 e. The van der Waals surface area contributed by atoms with E-state index in [-0.39, 0.29) is 11.9 Å². The van der Waals surface area contributed by atoms with Crippen LogP contribution in [0.5, 0.6) is 5.75 Å². The van der Waals surface area contributed by atoms with E-state index in [9.17, 15) is 4.79 Å².